The molecule has 1 aliphatic carbocycles. The van der Waals surface area contributed by atoms with Gasteiger partial charge in [-0.3, -0.25) is 14.3 Å². The lowest BCUT2D eigenvalue weighted by molar-refractivity contribution is -0.204. The van der Waals surface area contributed by atoms with E-state index in [1.165, 1.54) is 22.9 Å². The minimum atomic E-state index is -4.62. The molecule has 3 aliphatic heterocycles. The highest BCUT2D eigenvalue weighted by Crippen LogP contribution is 2.60. The molecule has 2 amide bonds. The zero-order valence-electron chi connectivity index (χ0n) is 24.8. The average molecular weight is 631 g/mol. The number of carbonyl (C=O) groups excluding carboxylic acids is 2. The number of carbonyl (C=O) groups is 2. The largest absolute Gasteiger partial charge is 0.492 e. The van der Waals surface area contributed by atoms with Gasteiger partial charge in [0.25, 0.3) is 11.8 Å². The third-order valence-corrected chi connectivity index (χ3v) is 9.87. The third-order valence-electron chi connectivity index (χ3n) is 9.87. The topological polar surface area (TPSA) is 153 Å². The van der Waals surface area contributed by atoms with E-state index in [9.17, 15) is 27.9 Å². The zero-order chi connectivity index (χ0) is 31.7. The number of aryl methyl sites for hydroxylation is 1. The van der Waals surface area contributed by atoms with Crippen LogP contribution in [0.2, 0.25) is 0 Å². The Labute approximate surface area is 255 Å². The van der Waals surface area contributed by atoms with Crippen molar-refractivity contribution in [3.05, 3.63) is 47.3 Å². The maximum atomic E-state index is 13.7. The Bertz CT molecular complexity index is 1620. The fraction of sp³-hybridized carbons (Fsp3) is 0.621. The maximum absolute atomic E-state index is 13.7. The number of hydrogen-bond donors (Lipinski definition) is 1. The molecule has 1 spiro atoms. The molecule has 3 aromatic rings. The van der Waals surface area contributed by atoms with E-state index in [4.69, 9.17) is 14.4 Å². The Morgan fingerprint density at radius 3 is 2.49 bits per heavy atom. The number of nitrogens with zero attached hydrogens (tertiary/aromatic N) is 8. The van der Waals surface area contributed by atoms with Crippen molar-refractivity contribution in [2.24, 2.45) is 10.8 Å². The molecule has 240 valence electrons. The van der Waals surface area contributed by atoms with Crippen LogP contribution in [-0.4, -0.2) is 102 Å². The van der Waals surface area contributed by atoms with Gasteiger partial charge in [-0.15, -0.1) is 0 Å². The molecule has 3 saturated heterocycles. The molecule has 3 aromatic heterocycles. The molecule has 0 aromatic carbocycles. The normalized spacial score (nSPS) is 23.3. The van der Waals surface area contributed by atoms with Crippen molar-refractivity contribution in [2.45, 2.75) is 63.6 Å². The van der Waals surface area contributed by atoms with Crippen molar-refractivity contribution < 1.29 is 37.1 Å². The summed E-state index contributed by atoms with van der Waals surface area (Å²) < 4.78 is 54.1. The van der Waals surface area contributed by atoms with Crippen LogP contribution in [0.1, 0.15) is 84.1 Å². The van der Waals surface area contributed by atoms with Crippen LogP contribution in [0, 0.1) is 17.8 Å². The van der Waals surface area contributed by atoms with Crippen molar-refractivity contribution in [3.8, 4) is 5.88 Å². The SMILES string of the molecule is Cc1nc(C(=O)N2CC(c3noc(C(C)n4ccc(C5CCOCC5)n4)n3)C3(C2)CN(C(=O)C2(C(F)(F)F)CC2)C3)cnc1O. The molecule has 1 saturated carbocycles. The van der Waals surface area contributed by atoms with Crippen LogP contribution < -0.4 is 0 Å². The highest BCUT2D eigenvalue weighted by atomic mass is 19.4. The molecule has 4 aliphatic rings. The van der Waals surface area contributed by atoms with E-state index in [1.54, 1.807) is 4.68 Å². The van der Waals surface area contributed by atoms with E-state index in [0.717, 1.165) is 18.5 Å². The van der Waals surface area contributed by atoms with Crippen LogP contribution in [0.3, 0.4) is 0 Å². The van der Waals surface area contributed by atoms with Gasteiger partial charge in [0.05, 0.1) is 17.8 Å². The van der Waals surface area contributed by atoms with E-state index in [2.05, 4.69) is 20.1 Å². The summed E-state index contributed by atoms with van der Waals surface area (Å²) in [7, 11) is 0. The predicted molar refractivity (Wildman–Crippen MR) is 147 cm³/mol. The Hall–Kier alpha value is -4.08. The maximum Gasteiger partial charge on any atom is 0.403 e. The summed E-state index contributed by atoms with van der Waals surface area (Å²) in [6, 6.07) is 1.58. The van der Waals surface area contributed by atoms with E-state index in [1.807, 2.05) is 19.2 Å². The summed E-state index contributed by atoms with van der Waals surface area (Å²) in [6.07, 6.45) is -0.227. The standard InChI is InChI=1S/C29H33F3N8O5/c1-16-23(41)33-11-21(34-16)25(42)38-12-19(27(13-38)14-39(15-27)26(43)28(6-7-28)29(30,31)32)22-35-24(45-37-22)17(2)40-8-3-20(36-40)18-4-9-44-10-5-18/h3,8,11,17-19H,4-7,9-10,12-15H2,1-2H3,(H,33,41). The minimum absolute atomic E-state index is 0.0174. The van der Waals surface area contributed by atoms with Crippen LogP contribution in [-0.2, 0) is 9.53 Å². The molecule has 0 bridgehead atoms. The number of ether oxygens (including phenoxy) is 1. The van der Waals surface area contributed by atoms with Gasteiger partial charge in [0.15, 0.2) is 5.82 Å². The molecular weight excluding hydrogens is 597 g/mol. The quantitative estimate of drug-likeness (QED) is 0.430. The zero-order valence-corrected chi connectivity index (χ0v) is 24.8. The first kappa shape index (κ1) is 29.6. The molecule has 7 rings (SSSR count). The van der Waals surface area contributed by atoms with Crippen molar-refractivity contribution in [3.63, 3.8) is 0 Å². The number of aromatic hydroxyl groups is 1. The average Bonchev–Trinajstić information content (AvgIpc) is 3.34. The van der Waals surface area contributed by atoms with Crippen molar-refractivity contribution >= 4 is 11.8 Å². The molecule has 13 nitrogen and oxygen atoms in total. The van der Waals surface area contributed by atoms with E-state index in [-0.39, 0.29) is 56.3 Å². The fourth-order valence-electron chi connectivity index (χ4n) is 6.89. The molecule has 2 atom stereocenters. The van der Waals surface area contributed by atoms with Crippen LogP contribution in [0.4, 0.5) is 13.2 Å². The van der Waals surface area contributed by atoms with Gasteiger partial charge >= 0.3 is 6.18 Å². The lowest BCUT2D eigenvalue weighted by Crippen LogP contribution is -2.64. The molecule has 6 heterocycles. The van der Waals surface area contributed by atoms with E-state index >= 15 is 0 Å². The highest BCUT2D eigenvalue weighted by Gasteiger charge is 2.71. The second-order valence-electron chi connectivity index (χ2n) is 12.8. The smallest absolute Gasteiger partial charge is 0.403 e. The van der Waals surface area contributed by atoms with Gasteiger partial charge < -0.3 is 24.2 Å². The number of halogens is 3. The van der Waals surface area contributed by atoms with Crippen LogP contribution >= 0.6 is 0 Å². The van der Waals surface area contributed by atoms with Gasteiger partial charge in [0.2, 0.25) is 11.8 Å². The number of rotatable bonds is 6. The Kier molecular flexibility index (Phi) is 6.91. The lowest BCUT2D eigenvalue weighted by atomic mass is 9.70. The first-order valence-corrected chi connectivity index (χ1v) is 15.1. The summed E-state index contributed by atoms with van der Waals surface area (Å²) in [5, 5.41) is 18.8. The Morgan fingerprint density at radius 2 is 1.82 bits per heavy atom. The van der Waals surface area contributed by atoms with Gasteiger partial charge in [-0.25, -0.2) is 9.97 Å². The first-order chi connectivity index (χ1) is 21.4. The van der Waals surface area contributed by atoms with Crippen LogP contribution in [0.15, 0.2) is 23.0 Å². The van der Waals surface area contributed by atoms with Crippen LogP contribution in [0.5, 0.6) is 5.88 Å². The van der Waals surface area contributed by atoms with Crippen LogP contribution in [0.25, 0.3) is 0 Å². The summed E-state index contributed by atoms with van der Waals surface area (Å²) in [4.78, 5) is 41.9. The van der Waals surface area contributed by atoms with Gasteiger partial charge in [0.1, 0.15) is 22.8 Å². The molecule has 1 N–H and O–H groups in total. The molecule has 45 heavy (non-hydrogen) atoms. The molecule has 16 heteroatoms. The number of likely N-dealkylation sites (tertiary alicyclic amines) is 2. The molecule has 4 fully saturated rings. The summed E-state index contributed by atoms with van der Waals surface area (Å²) in [5.74, 6) is -1.27. The van der Waals surface area contributed by atoms with E-state index in [0.29, 0.717) is 30.8 Å². The second-order valence-corrected chi connectivity index (χ2v) is 12.8. The highest BCUT2D eigenvalue weighted by molar-refractivity contribution is 5.92. The van der Waals surface area contributed by atoms with Gasteiger partial charge in [-0.1, -0.05) is 5.16 Å². The van der Waals surface area contributed by atoms with Gasteiger partial charge in [-0.2, -0.15) is 23.3 Å². The summed E-state index contributed by atoms with van der Waals surface area (Å²) in [5.41, 5.74) is -1.93. The monoisotopic (exact) mass is 630 g/mol. The number of amides is 2. The summed E-state index contributed by atoms with van der Waals surface area (Å²) >= 11 is 0. The van der Waals surface area contributed by atoms with Crippen molar-refractivity contribution in [1.29, 1.82) is 0 Å². The third kappa shape index (κ3) is 4.93. The number of hydrogen-bond acceptors (Lipinski definition) is 10. The van der Waals surface area contributed by atoms with Crippen molar-refractivity contribution in [2.75, 3.05) is 39.4 Å². The first-order valence-electron chi connectivity index (χ1n) is 15.1. The van der Waals surface area contributed by atoms with Gasteiger partial charge in [-0.05, 0) is 45.6 Å². The second kappa shape index (κ2) is 10.5. The fourth-order valence-corrected chi connectivity index (χ4v) is 6.89. The van der Waals surface area contributed by atoms with E-state index < -0.39 is 40.8 Å². The predicted octanol–water partition coefficient (Wildman–Crippen LogP) is 2.98. The molecule has 0 radical (unpaired) electrons. The van der Waals surface area contributed by atoms with Crippen molar-refractivity contribution in [1.82, 2.24) is 39.7 Å². The Balaban J connectivity index is 1.13. The number of alkyl halides is 3. The molecular formula is C29H33F3N8O5. The lowest BCUT2D eigenvalue weighted by Gasteiger charge is -2.51. The summed E-state index contributed by atoms with van der Waals surface area (Å²) in [6.45, 7) is 5.11. The number of aromatic nitrogens is 6. The minimum Gasteiger partial charge on any atom is -0.492 e. The van der Waals surface area contributed by atoms with Gasteiger partial charge in [0, 0.05) is 56.9 Å². The Morgan fingerprint density at radius 1 is 1.11 bits per heavy atom. The molecule has 2 unspecified atom stereocenters.